The van der Waals surface area contributed by atoms with Gasteiger partial charge in [-0.15, -0.1) is 0 Å². The first-order valence-corrected chi connectivity index (χ1v) is 6.98. The van der Waals surface area contributed by atoms with E-state index >= 15 is 0 Å². The maximum Gasteiger partial charge on any atom is 0.161 e. The summed E-state index contributed by atoms with van der Waals surface area (Å²) in [6.45, 7) is 5.94. The first-order chi connectivity index (χ1) is 9.58. The van der Waals surface area contributed by atoms with E-state index in [1.807, 2.05) is 18.2 Å². The Hall–Kier alpha value is -2.15. The quantitative estimate of drug-likeness (QED) is 0.683. The van der Waals surface area contributed by atoms with Crippen LogP contribution < -0.4 is 0 Å². The summed E-state index contributed by atoms with van der Waals surface area (Å²) in [5.74, 6) is 0.140. The van der Waals surface area contributed by atoms with Crippen LogP contribution in [0.25, 0.3) is 16.3 Å². The molecule has 0 aliphatic heterocycles. The van der Waals surface area contributed by atoms with Crippen LogP contribution >= 0.6 is 0 Å². The highest BCUT2D eigenvalue weighted by molar-refractivity contribution is 6.11. The van der Waals surface area contributed by atoms with Crippen molar-refractivity contribution in [3.63, 3.8) is 0 Å². The molecule has 100 valence electrons. The topological polar surface area (TPSA) is 17.1 Å². The molecule has 0 spiro atoms. The molecule has 2 aromatic rings. The van der Waals surface area contributed by atoms with E-state index in [2.05, 4.69) is 38.1 Å². The minimum Gasteiger partial charge on any atom is -0.294 e. The number of carbonyl (C=O) groups excluding carboxylic acids is 1. The second kappa shape index (κ2) is 4.75. The number of ketones is 1. The average Bonchev–Trinajstić information content (AvgIpc) is 2.76. The second-order valence-electron chi connectivity index (χ2n) is 5.59. The summed E-state index contributed by atoms with van der Waals surface area (Å²) < 4.78 is 0. The predicted molar refractivity (Wildman–Crippen MR) is 84.9 cm³/mol. The number of hydrogen-bond acceptors (Lipinski definition) is 1. The van der Waals surface area contributed by atoms with Gasteiger partial charge in [-0.25, -0.2) is 0 Å². The van der Waals surface area contributed by atoms with E-state index in [1.165, 1.54) is 16.7 Å². The molecule has 2 aromatic carbocycles. The van der Waals surface area contributed by atoms with Gasteiger partial charge in [-0.3, -0.25) is 4.79 Å². The monoisotopic (exact) mass is 262 g/mol. The summed E-state index contributed by atoms with van der Waals surface area (Å²) in [7, 11) is 0. The van der Waals surface area contributed by atoms with E-state index in [4.69, 9.17) is 0 Å². The van der Waals surface area contributed by atoms with Crippen LogP contribution in [0.15, 0.2) is 53.6 Å². The van der Waals surface area contributed by atoms with Gasteiger partial charge >= 0.3 is 0 Å². The van der Waals surface area contributed by atoms with Crippen molar-refractivity contribution in [2.45, 2.75) is 27.2 Å². The smallest absolute Gasteiger partial charge is 0.161 e. The summed E-state index contributed by atoms with van der Waals surface area (Å²) >= 11 is 0. The van der Waals surface area contributed by atoms with E-state index in [0.717, 1.165) is 28.3 Å². The third-order valence-electron chi connectivity index (χ3n) is 4.00. The molecule has 0 atom stereocenters. The highest BCUT2D eigenvalue weighted by atomic mass is 16.1. The van der Waals surface area contributed by atoms with Gasteiger partial charge in [0, 0.05) is 5.56 Å². The first-order valence-electron chi connectivity index (χ1n) is 6.98. The number of hydrogen-bond donors (Lipinski definition) is 0. The molecular formula is C19H18O. The van der Waals surface area contributed by atoms with Gasteiger partial charge in [0.15, 0.2) is 5.78 Å². The van der Waals surface area contributed by atoms with Crippen LogP contribution in [-0.4, -0.2) is 5.78 Å². The Balaban J connectivity index is 2.30. The van der Waals surface area contributed by atoms with Crippen LogP contribution in [0.3, 0.4) is 0 Å². The standard InChI is InChI=1S/C19H18O/c1-12-10-13(2)18(11-12)17-9-8-15-6-4-5-7-16(15)19(17)14(3)20/h4-10H,11H2,1-3H3. The Morgan fingerprint density at radius 3 is 2.45 bits per heavy atom. The Labute approximate surface area is 119 Å². The third-order valence-corrected chi connectivity index (χ3v) is 4.00. The van der Waals surface area contributed by atoms with Crippen molar-refractivity contribution in [2.24, 2.45) is 0 Å². The molecule has 0 amide bonds. The zero-order valence-electron chi connectivity index (χ0n) is 12.2. The summed E-state index contributed by atoms with van der Waals surface area (Å²) in [6, 6.07) is 12.3. The lowest BCUT2D eigenvalue weighted by atomic mass is 9.90. The highest BCUT2D eigenvalue weighted by Crippen LogP contribution is 2.37. The lowest BCUT2D eigenvalue weighted by Gasteiger charge is -2.13. The Kier molecular flexibility index (Phi) is 3.06. The van der Waals surface area contributed by atoms with E-state index in [0.29, 0.717) is 0 Å². The van der Waals surface area contributed by atoms with Gasteiger partial charge < -0.3 is 0 Å². The molecule has 1 heteroatoms. The SMILES string of the molecule is CC(=O)c1c(C2=C(C)C=C(C)C2)ccc2ccccc12. The lowest BCUT2D eigenvalue weighted by molar-refractivity contribution is 0.101. The number of allylic oxidation sites excluding steroid dienone is 4. The zero-order chi connectivity index (χ0) is 14.3. The van der Waals surface area contributed by atoms with Crippen LogP contribution in [0.4, 0.5) is 0 Å². The van der Waals surface area contributed by atoms with E-state index in [-0.39, 0.29) is 5.78 Å². The molecule has 3 rings (SSSR count). The van der Waals surface area contributed by atoms with E-state index in [9.17, 15) is 4.79 Å². The number of fused-ring (bicyclic) bond motifs is 1. The number of rotatable bonds is 2. The van der Waals surface area contributed by atoms with Crippen LogP contribution in [-0.2, 0) is 0 Å². The largest absolute Gasteiger partial charge is 0.294 e. The molecule has 0 radical (unpaired) electrons. The van der Waals surface area contributed by atoms with Crippen molar-refractivity contribution in [2.75, 3.05) is 0 Å². The maximum atomic E-state index is 12.2. The molecule has 1 nitrogen and oxygen atoms in total. The summed E-state index contributed by atoms with van der Waals surface area (Å²) in [5.41, 5.74) is 5.89. The maximum absolute atomic E-state index is 12.2. The van der Waals surface area contributed by atoms with E-state index < -0.39 is 0 Å². The van der Waals surface area contributed by atoms with Gasteiger partial charge in [0.05, 0.1) is 0 Å². The van der Waals surface area contributed by atoms with Crippen LogP contribution in [0.2, 0.25) is 0 Å². The van der Waals surface area contributed by atoms with E-state index in [1.54, 1.807) is 6.92 Å². The zero-order valence-corrected chi connectivity index (χ0v) is 12.2. The molecule has 0 heterocycles. The molecule has 0 saturated carbocycles. The van der Waals surface area contributed by atoms with Crippen molar-refractivity contribution in [1.29, 1.82) is 0 Å². The summed E-state index contributed by atoms with van der Waals surface area (Å²) in [6.07, 6.45) is 3.17. The van der Waals surface area contributed by atoms with Gasteiger partial charge in [0.1, 0.15) is 0 Å². The highest BCUT2D eigenvalue weighted by Gasteiger charge is 2.19. The second-order valence-corrected chi connectivity index (χ2v) is 5.59. The molecule has 20 heavy (non-hydrogen) atoms. The molecule has 0 unspecified atom stereocenters. The van der Waals surface area contributed by atoms with Crippen molar-refractivity contribution in [1.82, 2.24) is 0 Å². The number of Topliss-reactive ketones (excluding diaryl/α,β-unsaturated/α-hetero) is 1. The van der Waals surface area contributed by atoms with Gasteiger partial charge in [-0.2, -0.15) is 0 Å². The van der Waals surface area contributed by atoms with Crippen molar-refractivity contribution < 1.29 is 4.79 Å². The molecule has 1 aliphatic rings. The molecule has 0 N–H and O–H groups in total. The Morgan fingerprint density at radius 1 is 1.05 bits per heavy atom. The van der Waals surface area contributed by atoms with Crippen molar-refractivity contribution >= 4 is 22.1 Å². The van der Waals surface area contributed by atoms with Crippen LogP contribution in [0, 0.1) is 0 Å². The fourth-order valence-corrected chi connectivity index (χ4v) is 3.14. The minimum absolute atomic E-state index is 0.140. The van der Waals surface area contributed by atoms with Gasteiger partial charge in [0.25, 0.3) is 0 Å². The van der Waals surface area contributed by atoms with Crippen molar-refractivity contribution in [3.05, 3.63) is 64.7 Å². The molecule has 1 aliphatic carbocycles. The fourth-order valence-electron chi connectivity index (χ4n) is 3.14. The predicted octanol–water partition coefficient (Wildman–Crippen LogP) is 5.17. The van der Waals surface area contributed by atoms with Crippen LogP contribution in [0.5, 0.6) is 0 Å². The molecule has 0 fully saturated rings. The van der Waals surface area contributed by atoms with Crippen molar-refractivity contribution in [3.8, 4) is 0 Å². The molecular weight excluding hydrogens is 244 g/mol. The Morgan fingerprint density at radius 2 is 1.80 bits per heavy atom. The Bertz CT molecular complexity index is 775. The fraction of sp³-hybridized carbons (Fsp3) is 0.211. The molecule has 0 bridgehead atoms. The number of carbonyl (C=O) groups is 1. The lowest BCUT2D eigenvalue weighted by Crippen LogP contribution is -2.01. The minimum atomic E-state index is 0.140. The normalized spacial score (nSPS) is 14.8. The summed E-state index contributed by atoms with van der Waals surface area (Å²) in [5, 5.41) is 2.18. The molecule has 0 saturated heterocycles. The van der Waals surface area contributed by atoms with Gasteiger partial charge in [-0.1, -0.05) is 48.0 Å². The number of benzene rings is 2. The summed E-state index contributed by atoms with van der Waals surface area (Å²) in [4.78, 5) is 12.2. The first kappa shape index (κ1) is 12.9. The molecule has 0 aromatic heterocycles. The van der Waals surface area contributed by atoms with Gasteiger partial charge in [-0.05, 0) is 54.7 Å². The average molecular weight is 262 g/mol. The van der Waals surface area contributed by atoms with Gasteiger partial charge in [0.2, 0.25) is 0 Å². The van der Waals surface area contributed by atoms with Crippen LogP contribution in [0.1, 0.15) is 43.1 Å². The third kappa shape index (κ3) is 2.00.